The zero-order valence-electron chi connectivity index (χ0n) is 15.1. The Bertz CT molecular complexity index is 1030. The largest absolute Gasteiger partial charge is 0.457 e. The minimum Gasteiger partial charge on any atom is -0.457 e. The Labute approximate surface area is 166 Å². The Kier molecular flexibility index (Phi) is 5.78. The second kappa shape index (κ2) is 8.26. The number of furan rings is 1. The summed E-state index contributed by atoms with van der Waals surface area (Å²) in [7, 11) is 0. The number of halogens is 1. The summed E-state index contributed by atoms with van der Waals surface area (Å²) in [5, 5.41) is 19.0. The summed E-state index contributed by atoms with van der Waals surface area (Å²) < 4.78 is 5.80. The summed E-state index contributed by atoms with van der Waals surface area (Å²) in [5.74, 6) is -0.139. The normalized spacial score (nSPS) is 16.1. The van der Waals surface area contributed by atoms with Gasteiger partial charge in [0.2, 0.25) is 0 Å². The molecule has 1 aliphatic rings. The van der Waals surface area contributed by atoms with Crippen LogP contribution in [0.3, 0.4) is 0 Å². The predicted octanol–water partition coefficient (Wildman–Crippen LogP) is 3.57. The monoisotopic (exact) mass is 396 g/mol. The number of aliphatic hydroxyl groups excluding tert-OH is 1. The number of hydrogen-bond donors (Lipinski definition) is 1. The molecule has 2 amide bonds. The van der Waals surface area contributed by atoms with Crippen molar-refractivity contribution in [2.75, 3.05) is 13.2 Å². The molecule has 0 radical (unpaired) electrons. The Balaban J connectivity index is 1.99. The van der Waals surface area contributed by atoms with Crippen molar-refractivity contribution in [3.05, 3.63) is 63.9 Å². The maximum atomic E-state index is 12.8. The van der Waals surface area contributed by atoms with Gasteiger partial charge < -0.3 is 9.52 Å². The smallest absolute Gasteiger partial charge is 0.271 e. The second-order valence-corrected chi connectivity index (χ2v) is 6.65. The number of amides is 2. The van der Waals surface area contributed by atoms with E-state index in [4.69, 9.17) is 21.1 Å². The van der Waals surface area contributed by atoms with Gasteiger partial charge in [-0.15, -0.1) is 0 Å². The molecule has 2 heterocycles. The molecule has 0 unspecified atom stereocenters. The second-order valence-electron chi connectivity index (χ2n) is 6.22. The molecule has 1 aromatic carbocycles. The molecular weight excluding hydrogens is 380 g/mol. The lowest BCUT2D eigenvalue weighted by molar-refractivity contribution is -0.140. The Morgan fingerprint density at radius 1 is 1.18 bits per heavy atom. The quantitative estimate of drug-likeness (QED) is 0.615. The van der Waals surface area contributed by atoms with Crippen molar-refractivity contribution < 1.29 is 19.1 Å². The molecule has 1 N–H and O–H groups in total. The molecule has 2 aromatic rings. The van der Waals surface area contributed by atoms with Crippen LogP contribution in [0.1, 0.15) is 19.1 Å². The molecular formula is C21H17ClN2O4. The van der Waals surface area contributed by atoms with Crippen LogP contribution in [0.2, 0.25) is 5.02 Å². The molecule has 142 valence electrons. The van der Waals surface area contributed by atoms with Gasteiger partial charge in [-0.3, -0.25) is 14.5 Å². The zero-order valence-corrected chi connectivity index (χ0v) is 15.9. The fourth-order valence-corrected chi connectivity index (χ4v) is 3.03. The fraction of sp³-hybridized carbons (Fsp3) is 0.190. The lowest BCUT2D eigenvalue weighted by Gasteiger charge is -2.27. The van der Waals surface area contributed by atoms with Crippen LogP contribution in [0.15, 0.2) is 57.5 Å². The molecule has 1 aliphatic heterocycles. The molecule has 3 rings (SSSR count). The first-order chi connectivity index (χ1) is 13.5. The van der Waals surface area contributed by atoms with Gasteiger partial charge in [-0.05, 0) is 61.4 Å². The lowest BCUT2D eigenvalue weighted by Crippen LogP contribution is -2.43. The van der Waals surface area contributed by atoms with E-state index in [2.05, 4.69) is 0 Å². The number of benzene rings is 1. The lowest BCUT2D eigenvalue weighted by atomic mass is 9.94. The number of hydrogen-bond acceptors (Lipinski definition) is 5. The van der Waals surface area contributed by atoms with Crippen LogP contribution in [0.4, 0.5) is 0 Å². The Hall–Kier alpha value is -3.14. The van der Waals surface area contributed by atoms with E-state index in [1.54, 1.807) is 31.2 Å². The molecule has 1 aromatic heterocycles. The van der Waals surface area contributed by atoms with Crippen molar-refractivity contribution in [3.8, 4) is 17.4 Å². The minimum atomic E-state index is -0.642. The highest BCUT2D eigenvalue weighted by Gasteiger charge is 2.35. The van der Waals surface area contributed by atoms with Crippen molar-refractivity contribution in [1.82, 2.24) is 4.90 Å². The van der Waals surface area contributed by atoms with Gasteiger partial charge in [0.1, 0.15) is 23.2 Å². The van der Waals surface area contributed by atoms with Crippen LogP contribution >= 0.6 is 11.6 Å². The van der Waals surface area contributed by atoms with Crippen LogP contribution in [-0.2, 0) is 9.59 Å². The van der Waals surface area contributed by atoms with E-state index in [1.807, 2.05) is 18.2 Å². The van der Waals surface area contributed by atoms with Gasteiger partial charge in [-0.1, -0.05) is 11.6 Å². The molecule has 0 saturated heterocycles. The Morgan fingerprint density at radius 3 is 2.54 bits per heavy atom. The average Bonchev–Trinajstić information content (AvgIpc) is 3.15. The molecule has 0 aliphatic carbocycles. The van der Waals surface area contributed by atoms with Gasteiger partial charge in [0.05, 0.1) is 0 Å². The van der Waals surface area contributed by atoms with Crippen LogP contribution in [0.25, 0.3) is 17.4 Å². The van der Waals surface area contributed by atoms with Crippen LogP contribution in [-0.4, -0.2) is 35.0 Å². The first kappa shape index (κ1) is 19.6. The van der Waals surface area contributed by atoms with Gasteiger partial charge in [0, 0.05) is 29.3 Å². The summed E-state index contributed by atoms with van der Waals surface area (Å²) in [6.07, 6.45) is 1.76. The van der Waals surface area contributed by atoms with E-state index in [9.17, 15) is 14.9 Å². The van der Waals surface area contributed by atoms with Crippen molar-refractivity contribution in [1.29, 1.82) is 5.26 Å². The maximum absolute atomic E-state index is 12.8. The summed E-state index contributed by atoms with van der Waals surface area (Å²) in [6, 6.07) is 12.5. The Morgan fingerprint density at radius 2 is 1.89 bits per heavy atom. The van der Waals surface area contributed by atoms with Gasteiger partial charge in [0.15, 0.2) is 0 Å². The predicted molar refractivity (Wildman–Crippen MR) is 104 cm³/mol. The third-order valence-electron chi connectivity index (χ3n) is 4.41. The van der Waals surface area contributed by atoms with E-state index in [0.717, 1.165) is 10.5 Å². The number of aliphatic hydroxyl groups is 1. The summed E-state index contributed by atoms with van der Waals surface area (Å²) in [5.41, 5.74) is 1.26. The third-order valence-corrected chi connectivity index (χ3v) is 4.66. The van der Waals surface area contributed by atoms with Crippen molar-refractivity contribution in [2.45, 2.75) is 13.3 Å². The first-order valence-corrected chi connectivity index (χ1v) is 9.00. The first-order valence-electron chi connectivity index (χ1n) is 8.62. The number of nitrogens with zero attached hydrogens (tertiary/aromatic N) is 2. The van der Waals surface area contributed by atoms with E-state index in [0.29, 0.717) is 22.1 Å². The molecule has 7 heteroatoms. The number of nitriles is 1. The van der Waals surface area contributed by atoms with E-state index in [-0.39, 0.29) is 30.7 Å². The maximum Gasteiger partial charge on any atom is 0.271 e. The summed E-state index contributed by atoms with van der Waals surface area (Å²) in [6.45, 7) is 1.44. The van der Waals surface area contributed by atoms with E-state index >= 15 is 0 Å². The third kappa shape index (κ3) is 3.77. The highest BCUT2D eigenvalue weighted by atomic mass is 35.5. The fourth-order valence-electron chi connectivity index (χ4n) is 2.90. The minimum absolute atomic E-state index is 0.0398. The molecule has 0 fully saturated rings. The zero-order chi connectivity index (χ0) is 20.3. The SMILES string of the molecule is CC1=C(C#N)C(=O)N(CCCO)C(=O)C1=Cc1ccc(-c2ccc(Cl)cc2)o1. The van der Waals surface area contributed by atoms with Crippen LogP contribution in [0.5, 0.6) is 0 Å². The highest BCUT2D eigenvalue weighted by Crippen LogP contribution is 2.29. The molecule has 0 spiro atoms. The molecule has 0 bridgehead atoms. The highest BCUT2D eigenvalue weighted by molar-refractivity contribution is 6.30. The van der Waals surface area contributed by atoms with Gasteiger partial charge in [-0.25, -0.2) is 0 Å². The van der Waals surface area contributed by atoms with Crippen LogP contribution in [0, 0.1) is 11.3 Å². The van der Waals surface area contributed by atoms with Crippen LogP contribution < -0.4 is 0 Å². The average molecular weight is 397 g/mol. The number of rotatable bonds is 5. The van der Waals surface area contributed by atoms with E-state index in [1.165, 1.54) is 6.08 Å². The molecule has 0 saturated carbocycles. The van der Waals surface area contributed by atoms with E-state index < -0.39 is 11.8 Å². The molecule has 28 heavy (non-hydrogen) atoms. The van der Waals surface area contributed by atoms with Crippen molar-refractivity contribution >= 4 is 29.5 Å². The number of imide groups is 1. The summed E-state index contributed by atoms with van der Waals surface area (Å²) in [4.78, 5) is 26.1. The number of carbonyl (C=O) groups excluding carboxylic acids is 2. The summed E-state index contributed by atoms with van der Waals surface area (Å²) >= 11 is 5.90. The molecule has 0 atom stereocenters. The van der Waals surface area contributed by atoms with Gasteiger partial charge in [-0.2, -0.15) is 5.26 Å². The van der Waals surface area contributed by atoms with Gasteiger partial charge in [0.25, 0.3) is 11.8 Å². The van der Waals surface area contributed by atoms with Crippen molar-refractivity contribution in [2.24, 2.45) is 0 Å². The topological polar surface area (TPSA) is 94.5 Å². The van der Waals surface area contributed by atoms with Gasteiger partial charge >= 0.3 is 0 Å². The molecule has 6 nitrogen and oxygen atoms in total. The van der Waals surface area contributed by atoms with Crippen molar-refractivity contribution in [3.63, 3.8) is 0 Å². The standard InChI is InChI=1S/C21H17ClN2O4/c1-13-17(20(26)24(9-2-10-25)21(27)18(13)12-23)11-16-7-8-19(28-16)14-3-5-15(22)6-4-14/h3-8,11,25H,2,9-10H2,1H3. The number of carbonyl (C=O) groups is 2.